The molecule has 0 amide bonds. The van der Waals surface area contributed by atoms with E-state index in [-0.39, 0.29) is 11.4 Å². The van der Waals surface area contributed by atoms with Crippen molar-refractivity contribution < 1.29 is 13.9 Å². The van der Waals surface area contributed by atoms with E-state index in [0.717, 1.165) is 11.1 Å². The van der Waals surface area contributed by atoms with Gasteiger partial charge < -0.3 is 14.5 Å². The Balaban J connectivity index is 1.67. The van der Waals surface area contributed by atoms with Crippen LogP contribution in [0.2, 0.25) is 0 Å². The molecule has 4 rings (SSSR count). The summed E-state index contributed by atoms with van der Waals surface area (Å²) < 4.78 is 11.0. The molecule has 4 aromatic rings. The minimum absolute atomic E-state index is 0.115. The van der Waals surface area contributed by atoms with E-state index < -0.39 is 6.04 Å². The molecule has 0 bridgehead atoms. The highest BCUT2D eigenvalue weighted by molar-refractivity contribution is 5.84. The van der Waals surface area contributed by atoms with Gasteiger partial charge in [-0.05, 0) is 17.7 Å². The summed E-state index contributed by atoms with van der Waals surface area (Å²) in [5, 5.41) is 3.70. The molecule has 1 atom stereocenters. The predicted molar refractivity (Wildman–Crippen MR) is 117 cm³/mol. The fourth-order valence-electron chi connectivity index (χ4n) is 3.38. The van der Waals surface area contributed by atoms with E-state index in [1.54, 1.807) is 18.2 Å². The first-order valence-electron chi connectivity index (χ1n) is 9.65. The summed E-state index contributed by atoms with van der Waals surface area (Å²) in [6.45, 7) is 0. The van der Waals surface area contributed by atoms with Crippen molar-refractivity contribution in [2.24, 2.45) is 0 Å². The Morgan fingerprint density at radius 1 is 0.967 bits per heavy atom. The molecule has 30 heavy (non-hydrogen) atoms. The standard InChI is InChI=1S/C25H21NO4/c1-29-25(28)21(14-17-8-4-2-5-9-17)26-19-12-13-20-22(27)16-23(30-24(20)15-19)18-10-6-3-7-11-18/h2-13,15-16,21,26H,14H2,1H3/t21-/m0/s1. The van der Waals surface area contributed by atoms with Crippen molar-refractivity contribution in [3.05, 3.63) is 101 Å². The molecule has 0 saturated carbocycles. The Morgan fingerprint density at radius 2 is 1.67 bits per heavy atom. The van der Waals surface area contributed by atoms with Crippen LogP contribution in [0.15, 0.2) is 94.1 Å². The van der Waals surface area contributed by atoms with Crippen LogP contribution in [0.25, 0.3) is 22.3 Å². The molecule has 0 saturated heterocycles. The lowest BCUT2D eigenvalue weighted by atomic mass is 10.1. The minimum Gasteiger partial charge on any atom is -0.467 e. The van der Waals surface area contributed by atoms with E-state index in [1.165, 1.54) is 13.2 Å². The number of nitrogens with one attached hydrogen (secondary N) is 1. The number of anilines is 1. The lowest BCUT2D eigenvalue weighted by molar-refractivity contribution is -0.141. The van der Waals surface area contributed by atoms with E-state index in [9.17, 15) is 9.59 Å². The van der Waals surface area contributed by atoms with Gasteiger partial charge in [0.1, 0.15) is 17.4 Å². The van der Waals surface area contributed by atoms with Gasteiger partial charge in [-0.1, -0.05) is 60.7 Å². The molecule has 0 aliphatic heterocycles. The Kier molecular flexibility index (Phi) is 5.61. The normalized spacial score (nSPS) is 11.8. The molecule has 0 fully saturated rings. The molecule has 1 aromatic heterocycles. The van der Waals surface area contributed by atoms with Crippen LogP contribution in [0.1, 0.15) is 5.56 Å². The predicted octanol–water partition coefficient (Wildman–Crippen LogP) is 4.66. The highest BCUT2D eigenvalue weighted by Crippen LogP contribution is 2.24. The molecule has 1 heterocycles. The molecule has 5 nitrogen and oxygen atoms in total. The molecule has 0 aliphatic rings. The van der Waals surface area contributed by atoms with Crippen molar-refractivity contribution in [2.45, 2.75) is 12.5 Å². The van der Waals surface area contributed by atoms with E-state index >= 15 is 0 Å². The van der Waals surface area contributed by atoms with Gasteiger partial charge in [0, 0.05) is 29.8 Å². The molecular weight excluding hydrogens is 378 g/mol. The van der Waals surface area contributed by atoms with Crippen LogP contribution in [-0.2, 0) is 16.0 Å². The molecular formula is C25H21NO4. The fourth-order valence-corrected chi connectivity index (χ4v) is 3.38. The Labute approximate surface area is 173 Å². The van der Waals surface area contributed by atoms with E-state index in [0.29, 0.717) is 28.8 Å². The summed E-state index contributed by atoms with van der Waals surface area (Å²) in [6, 6.07) is 25.3. The van der Waals surface area contributed by atoms with Crippen molar-refractivity contribution >= 4 is 22.6 Å². The minimum atomic E-state index is -0.570. The molecule has 0 unspecified atom stereocenters. The summed E-state index contributed by atoms with van der Waals surface area (Å²) in [4.78, 5) is 24.9. The number of ether oxygens (including phenoxy) is 1. The molecule has 150 valence electrons. The second-order valence-electron chi connectivity index (χ2n) is 6.96. The zero-order valence-corrected chi connectivity index (χ0v) is 16.5. The lowest BCUT2D eigenvalue weighted by Gasteiger charge is -2.18. The molecule has 0 spiro atoms. The van der Waals surface area contributed by atoms with Gasteiger partial charge in [-0.25, -0.2) is 4.79 Å². The Hall–Kier alpha value is -3.86. The van der Waals surface area contributed by atoms with Crippen LogP contribution >= 0.6 is 0 Å². The Bertz CT molecular complexity index is 1220. The molecule has 0 radical (unpaired) electrons. The number of carbonyl (C=O) groups excluding carboxylic acids is 1. The van der Waals surface area contributed by atoms with Crippen molar-refractivity contribution in [3.63, 3.8) is 0 Å². The van der Waals surface area contributed by atoms with Crippen LogP contribution in [-0.4, -0.2) is 19.1 Å². The summed E-state index contributed by atoms with van der Waals surface area (Å²) in [7, 11) is 1.37. The van der Waals surface area contributed by atoms with Crippen LogP contribution < -0.4 is 10.7 Å². The van der Waals surface area contributed by atoms with Gasteiger partial charge in [0.05, 0.1) is 12.5 Å². The van der Waals surface area contributed by atoms with Crippen LogP contribution in [0.4, 0.5) is 5.69 Å². The first kappa shape index (κ1) is 19.5. The molecule has 5 heteroatoms. The van der Waals surface area contributed by atoms with E-state index in [4.69, 9.17) is 9.15 Å². The summed E-state index contributed by atoms with van der Waals surface area (Å²) in [5.41, 5.74) is 2.85. The second kappa shape index (κ2) is 8.66. The van der Waals surface area contributed by atoms with Gasteiger partial charge in [0.2, 0.25) is 0 Å². The number of esters is 1. The van der Waals surface area contributed by atoms with Crippen molar-refractivity contribution in [2.75, 3.05) is 12.4 Å². The summed E-state index contributed by atoms with van der Waals surface area (Å²) in [6.07, 6.45) is 0.472. The quantitative estimate of drug-likeness (QED) is 0.478. The van der Waals surface area contributed by atoms with E-state index in [2.05, 4.69) is 5.32 Å². The van der Waals surface area contributed by atoms with Crippen molar-refractivity contribution in [3.8, 4) is 11.3 Å². The summed E-state index contributed by atoms with van der Waals surface area (Å²) >= 11 is 0. The average molecular weight is 399 g/mol. The van der Waals surface area contributed by atoms with Crippen LogP contribution in [0.5, 0.6) is 0 Å². The number of benzene rings is 3. The highest BCUT2D eigenvalue weighted by Gasteiger charge is 2.20. The monoisotopic (exact) mass is 399 g/mol. The number of carbonyl (C=O) groups is 1. The van der Waals surface area contributed by atoms with Crippen LogP contribution in [0.3, 0.4) is 0 Å². The van der Waals surface area contributed by atoms with Crippen LogP contribution in [0, 0.1) is 0 Å². The van der Waals surface area contributed by atoms with Crippen molar-refractivity contribution in [1.29, 1.82) is 0 Å². The van der Waals surface area contributed by atoms with Gasteiger partial charge >= 0.3 is 5.97 Å². The smallest absolute Gasteiger partial charge is 0.328 e. The third-order valence-electron chi connectivity index (χ3n) is 4.90. The number of hydrogen-bond acceptors (Lipinski definition) is 5. The number of hydrogen-bond donors (Lipinski definition) is 1. The highest BCUT2D eigenvalue weighted by atomic mass is 16.5. The van der Waals surface area contributed by atoms with Gasteiger partial charge in [-0.3, -0.25) is 4.79 Å². The second-order valence-corrected chi connectivity index (χ2v) is 6.96. The van der Waals surface area contributed by atoms with E-state index in [1.807, 2.05) is 60.7 Å². The summed E-state index contributed by atoms with van der Waals surface area (Å²) in [5.74, 6) is 0.137. The van der Waals surface area contributed by atoms with Gasteiger partial charge in [0.25, 0.3) is 0 Å². The van der Waals surface area contributed by atoms with Gasteiger partial charge in [-0.2, -0.15) is 0 Å². The zero-order valence-electron chi connectivity index (χ0n) is 16.5. The first-order chi connectivity index (χ1) is 14.6. The lowest BCUT2D eigenvalue weighted by Crippen LogP contribution is -2.32. The first-order valence-corrected chi connectivity index (χ1v) is 9.65. The molecule has 3 aromatic carbocycles. The fraction of sp³-hybridized carbons (Fsp3) is 0.120. The SMILES string of the molecule is COC(=O)[C@H](Cc1ccccc1)Nc1ccc2c(=O)cc(-c3ccccc3)oc2c1. The number of methoxy groups -OCH3 is 1. The zero-order chi connectivity index (χ0) is 20.9. The topological polar surface area (TPSA) is 68.5 Å². The largest absolute Gasteiger partial charge is 0.467 e. The maximum Gasteiger partial charge on any atom is 0.328 e. The Morgan fingerprint density at radius 3 is 2.37 bits per heavy atom. The molecule has 1 N–H and O–H groups in total. The maximum absolute atomic E-state index is 12.5. The molecule has 0 aliphatic carbocycles. The number of fused-ring (bicyclic) bond motifs is 1. The van der Waals surface area contributed by atoms with Gasteiger partial charge in [0.15, 0.2) is 5.43 Å². The maximum atomic E-state index is 12.5. The number of rotatable bonds is 6. The third kappa shape index (κ3) is 4.25. The van der Waals surface area contributed by atoms with Gasteiger partial charge in [-0.15, -0.1) is 0 Å². The van der Waals surface area contributed by atoms with Crippen molar-refractivity contribution in [1.82, 2.24) is 0 Å². The third-order valence-corrected chi connectivity index (χ3v) is 4.90. The average Bonchev–Trinajstić information content (AvgIpc) is 2.79.